The van der Waals surface area contributed by atoms with Crippen molar-refractivity contribution in [2.75, 3.05) is 13.1 Å². The molecule has 0 aliphatic carbocycles. The molecule has 4 aromatic rings. The third-order valence-corrected chi connectivity index (χ3v) is 8.08. The molecule has 0 unspecified atom stereocenters. The fourth-order valence-corrected chi connectivity index (χ4v) is 5.85. The van der Waals surface area contributed by atoms with Crippen molar-refractivity contribution in [3.8, 4) is 11.6 Å². The molecule has 0 bridgehead atoms. The summed E-state index contributed by atoms with van der Waals surface area (Å²) in [6.45, 7) is 6.54. The van der Waals surface area contributed by atoms with Crippen LogP contribution in [0.1, 0.15) is 84.2 Å². The van der Waals surface area contributed by atoms with Crippen LogP contribution in [-0.2, 0) is 0 Å². The first-order valence-electron chi connectivity index (χ1n) is 14.8. The van der Waals surface area contributed by atoms with E-state index >= 15 is 0 Å². The summed E-state index contributed by atoms with van der Waals surface area (Å²) in [5, 5.41) is 11.2. The van der Waals surface area contributed by atoms with Crippen LogP contribution in [0, 0.1) is 6.92 Å². The van der Waals surface area contributed by atoms with Gasteiger partial charge in [-0.25, -0.2) is 9.36 Å². The van der Waals surface area contributed by atoms with Crippen LogP contribution in [0.25, 0.3) is 5.69 Å². The second-order valence-electron chi connectivity index (χ2n) is 11.0. The SMILES string of the molecule is CCCCCCN1C(=O)c2ccccc2[C@H](CN=C(C)c2c(O)n(-c3ccc(C)cc3)c(=O)[nH]c2=O)[C@@H]1c1ccccn1. The van der Waals surface area contributed by atoms with Crippen LogP contribution in [-0.4, -0.2) is 49.2 Å². The number of rotatable bonds is 10. The van der Waals surface area contributed by atoms with E-state index in [0.717, 1.165) is 47.1 Å². The van der Waals surface area contributed by atoms with Crippen LogP contribution in [0.3, 0.4) is 0 Å². The molecule has 5 rings (SSSR count). The van der Waals surface area contributed by atoms with E-state index < -0.39 is 17.1 Å². The molecule has 0 saturated carbocycles. The smallest absolute Gasteiger partial charge is 0.335 e. The van der Waals surface area contributed by atoms with Crippen molar-refractivity contribution in [2.24, 2.45) is 4.99 Å². The van der Waals surface area contributed by atoms with Gasteiger partial charge in [-0.05, 0) is 56.2 Å². The number of H-pyrrole nitrogens is 1. The van der Waals surface area contributed by atoms with Crippen LogP contribution in [0.4, 0.5) is 0 Å². The minimum absolute atomic E-state index is 0.0287. The van der Waals surface area contributed by atoms with Crippen LogP contribution < -0.4 is 11.2 Å². The van der Waals surface area contributed by atoms with E-state index in [9.17, 15) is 19.5 Å². The Morgan fingerprint density at radius 2 is 1.72 bits per heavy atom. The topological polar surface area (TPSA) is 121 Å². The zero-order valence-corrected chi connectivity index (χ0v) is 24.8. The lowest BCUT2D eigenvalue weighted by atomic mass is 9.81. The molecular formula is C34H37N5O4. The third-order valence-electron chi connectivity index (χ3n) is 8.08. The highest BCUT2D eigenvalue weighted by Gasteiger charge is 2.40. The van der Waals surface area contributed by atoms with Crippen molar-refractivity contribution >= 4 is 11.6 Å². The Morgan fingerprint density at radius 3 is 2.44 bits per heavy atom. The normalized spacial score (nSPS) is 16.8. The van der Waals surface area contributed by atoms with Gasteiger partial charge in [0.2, 0.25) is 5.88 Å². The molecule has 2 aromatic heterocycles. The maximum Gasteiger partial charge on any atom is 0.335 e. The number of carbonyl (C=O) groups excluding carboxylic acids is 1. The van der Waals surface area contributed by atoms with Gasteiger partial charge >= 0.3 is 5.69 Å². The predicted octanol–water partition coefficient (Wildman–Crippen LogP) is 5.31. The van der Waals surface area contributed by atoms with E-state index in [1.807, 2.05) is 66.4 Å². The van der Waals surface area contributed by atoms with Crippen LogP contribution in [0.2, 0.25) is 0 Å². The Bertz CT molecular complexity index is 1740. The number of hydrogen-bond acceptors (Lipinski definition) is 6. The first kappa shape index (κ1) is 29.7. The number of aromatic nitrogens is 3. The molecule has 1 aliphatic heterocycles. The number of nitrogens with zero attached hydrogens (tertiary/aromatic N) is 4. The fraction of sp³-hybridized carbons (Fsp3) is 0.324. The van der Waals surface area contributed by atoms with Crippen LogP contribution in [0.5, 0.6) is 5.88 Å². The average Bonchev–Trinajstić information content (AvgIpc) is 3.00. The van der Waals surface area contributed by atoms with Crippen LogP contribution >= 0.6 is 0 Å². The van der Waals surface area contributed by atoms with E-state index in [0.29, 0.717) is 17.8 Å². The van der Waals surface area contributed by atoms with Gasteiger partial charge in [-0.1, -0.05) is 68.1 Å². The largest absolute Gasteiger partial charge is 0.493 e. The minimum atomic E-state index is -0.739. The highest BCUT2D eigenvalue weighted by atomic mass is 16.3. The van der Waals surface area contributed by atoms with Gasteiger partial charge in [0.1, 0.15) is 5.56 Å². The first-order chi connectivity index (χ1) is 20.8. The maximum absolute atomic E-state index is 13.8. The molecule has 9 heteroatoms. The zero-order valence-electron chi connectivity index (χ0n) is 24.8. The number of carbonyl (C=O) groups is 1. The standard InChI is InChI=1S/C34H37N5O4/c1-4-5-6-11-20-38-30(28-14-9-10-19-35-28)27(25-12-7-8-13-26(25)32(38)41)21-36-23(3)29-31(40)37-34(43)39(33(29)42)24-17-15-22(2)16-18-24/h7-10,12-19,27,30,42H,4-6,11,20-21H2,1-3H3,(H,37,40,43)/t27-,30+/m0/s1. The van der Waals surface area contributed by atoms with Gasteiger partial charge < -0.3 is 10.0 Å². The second kappa shape index (κ2) is 13.0. The number of hydrogen-bond donors (Lipinski definition) is 2. The van der Waals surface area contributed by atoms with Crippen molar-refractivity contribution in [2.45, 2.75) is 58.4 Å². The monoisotopic (exact) mass is 579 g/mol. The van der Waals surface area contributed by atoms with Crippen molar-refractivity contribution in [1.82, 2.24) is 19.4 Å². The fourth-order valence-electron chi connectivity index (χ4n) is 5.85. The lowest BCUT2D eigenvalue weighted by molar-refractivity contribution is 0.0601. The number of nitrogens with one attached hydrogen (secondary N) is 1. The predicted molar refractivity (Wildman–Crippen MR) is 167 cm³/mol. The van der Waals surface area contributed by atoms with Gasteiger partial charge in [-0.15, -0.1) is 0 Å². The van der Waals surface area contributed by atoms with Gasteiger partial charge in [0.15, 0.2) is 0 Å². The molecule has 3 heterocycles. The zero-order chi connectivity index (χ0) is 30.5. The summed E-state index contributed by atoms with van der Waals surface area (Å²) in [6, 6.07) is 20.0. The molecule has 0 saturated heterocycles. The van der Waals surface area contributed by atoms with E-state index in [2.05, 4.69) is 16.9 Å². The van der Waals surface area contributed by atoms with E-state index in [1.54, 1.807) is 25.3 Å². The number of benzene rings is 2. The molecular weight excluding hydrogens is 542 g/mol. The van der Waals surface area contributed by atoms with Gasteiger partial charge in [0.25, 0.3) is 11.5 Å². The van der Waals surface area contributed by atoms with Gasteiger partial charge in [0.05, 0.1) is 17.4 Å². The molecule has 222 valence electrons. The molecule has 43 heavy (non-hydrogen) atoms. The van der Waals surface area contributed by atoms with Crippen molar-refractivity contribution < 1.29 is 9.90 Å². The molecule has 2 aromatic carbocycles. The average molecular weight is 580 g/mol. The van der Waals surface area contributed by atoms with Gasteiger partial charge in [-0.3, -0.25) is 24.5 Å². The Hall–Kier alpha value is -4.79. The summed E-state index contributed by atoms with van der Waals surface area (Å²) in [5.74, 6) is -0.759. The molecule has 1 amide bonds. The summed E-state index contributed by atoms with van der Waals surface area (Å²) >= 11 is 0. The number of unbranched alkanes of at least 4 members (excludes halogenated alkanes) is 3. The number of pyridine rings is 1. The number of fused-ring (bicyclic) bond motifs is 1. The van der Waals surface area contributed by atoms with Gasteiger partial charge in [-0.2, -0.15) is 0 Å². The summed E-state index contributed by atoms with van der Waals surface area (Å²) in [7, 11) is 0. The molecule has 0 fully saturated rings. The van der Waals surface area contributed by atoms with E-state index in [-0.39, 0.29) is 35.7 Å². The molecule has 2 N–H and O–H groups in total. The van der Waals surface area contributed by atoms with Gasteiger partial charge in [0, 0.05) is 36.5 Å². The van der Waals surface area contributed by atoms with E-state index in [1.165, 1.54) is 0 Å². The first-order valence-corrected chi connectivity index (χ1v) is 14.8. The summed E-state index contributed by atoms with van der Waals surface area (Å²) in [4.78, 5) is 53.2. The van der Waals surface area contributed by atoms with E-state index in [4.69, 9.17) is 4.99 Å². The molecule has 0 radical (unpaired) electrons. The highest BCUT2D eigenvalue weighted by molar-refractivity contribution is 6.00. The van der Waals surface area contributed by atoms with Crippen LogP contribution in [0.15, 0.2) is 87.5 Å². The Labute approximate surface area is 250 Å². The minimum Gasteiger partial charge on any atom is -0.493 e. The quantitative estimate of drug-likeness (QED) is 0.195. The number of amides is 1. The molecule has 9 nitrogen and oxygen atoms in total. The third kappa shape index (κ3) is 6.07. The Morgan fingerprint density at radius 1 is 0.977 bits per heavy atom. The lowest BCUT2D eigenvalue weighted by Gasteiger charge is -2.41. The Balaban J connectivity index is 1.57. The van der Waals surface area contributed by atoms with Crippen molar-refractivity contribution in [1.29, 1.82) is 0 Å². The summed E-state index contributed by atoms with van der Waals surface area (Å²) in [5.41, 5.74) is 2.44. The summed E-state index contributed by atoms with van der Waals surface area (Å²) in [6.07, 6.45) is 5.83. The maximum atomic E-state index is 13.8. The molecule has 0 spiro atoms. The Kier molecular flexibility index (Phi) is 8.99. The second-order valence-corrected chi connectivity index (χ2v) is 11.0. The molecule has 2 atom stereocenters. The number of aliphatic imine (C=N–C) groups is 1. The van der Waals surface area contributed by atoms with Crippen molar-refractivity contribution in [3.05, 3.63) is 122 Å². The van der Waals surface area contributed by atoms with Crippen molar-refractivity contribution in [3.63, 3.8) is 0 Å². The number of aromatic amines is 1. The summed E-state index contributed by atoms with van der Waals surface area (Å²) < 4.78 is 1.07. The molecule has 1 aliphatic rings. The number of aromatic hydroxyl groups is 1. The number of aryl methyl sites for hydroxylation is 1. The highest BCUT2D eigenvalue weighted by Crippen LogP contribution is 2.42. The lowest BCUT2D eigenvalue weighted by Crippen LogP contribution is -2.44.